The van der Waals surface area contributed by atoms with E-state index in [9.17, 15) is 13.2 Å². The van der Waals surface area contributed by atoms with Gasteiger partial charge in [0.05, 0.1) is 17.2 Å². The van der Waals surface area contributed by atoms with Gasteiger partial charge in [-0.2, -0.15) is 9.97 Å². The number of aromatic nitrogens is 4. The summed E-state index contributed by atoms with van der Waals surface area (Å²) in [5.41, 5.74) is 1.60. The van der Waals surface area contributed by atoms with Crippen molar-refractivity contribution in [3.8, 4) is 5.82 Å². The van der Waals surface area contributed by atoms with Crippen LogP contribution in [0.3, 0.4) is 0 Å². The van der Waals surface area contributed by atoms with Gasteiger partial charge in [0.2, 0.25) is 11.9 Å². The number of carbonyl (C=O) groups is 1. The van der Waals surface area contributed by atoms with Gasteiger partial charge in [0.15, 0.2) is 9.84 Å². The molecule has 1 amide bonds. The van der Waals surface area contributed by atoms with Crippen LogP contribution in [0.25, 0.3) is 5.82 Å². The number of halogens is 2. The average Bonchev–Trinajstić information content (AvgIpc) is 3.52. The Labute approximate surface area is 250 Å². The molecule has 2 fully saturated rings. The number of benzene rings is 1. The fraction of sp³-hybridized carbons (Fsp3) is 0.500. The minimum atomic E-state index is -3.08. The third kappa shape index (κ3) is 8.11. The molecule has 1 aliphatic heterocycles. The summed E-state index contributed by atoms with van der Waals surface area (Å²) in [4.78, 5) is 27.2. The van der Waals surface area contributed by atoms with Gasteiger partial charge in [-0.3, -0.25) is 9.36 Å². The van der Waals surface area contributed by atoms with Crippen LogP contribution in [0.1, 0.15) is 56.2 Å². The lowest BCUT2D eigenvalue weighted by molar-refractivity contribution is -0.122. The first-order chi connectivity index (χ1) is 19.6. The maximum absolute atomic E-state index is 13.6. The van der Waals surface area contributed by atoms with E-state index in [-0.39, 0.29) is 30.0 Å². The van der Waals surface area contributed by atoms with Crippen molar-refractivity contribution in [2.75, 3.05) is 22.1 Å². The molecule has 220 valence electrons. The van der Waals surface area contributed by atoms with E-state index >= 15 is 0 Å². The zero-order valence-corrected chi connectivity index (χ0v) is 25.3. The van der Waals surface area contributed by atoms with E-state index in [1.54, 1.807) is 35.2 Å². The van der Waals surface area contributed by atoms with Crippen molar-refractivity contribution in [3.05, 3.63) is 58.1 Å². The molecule has 1 saturated carbocycles. The molecule has 0 bridgehead atoms. The van der Waals surface area contributed by atoms with E-state index < -0.39 is 15.9 Å². The van der Waals surface area contributed by atoms with Crippen LogP contribution in [-0.2, 0) is 21.2 Å². The van der Waals surface area contributed by atoms with Crippen LogP contribution in [0.4, 0.5) is 11.8 Å². The predicted molar refractivity (Wildman–Crippen MR) is 161 cm³/mol. The summed E-state index contributed by atoms with van der Waals surface area (Å²) >= 11 is 12.4. The first-order valence-corrected chi connectivity index (χ1v) is 16.6. The summed E-state index contributed by atoms with van der Waals surface area (Å²) in [6.07, 6.45) is 10.4. The van der Waals surface area contributed by atoms with Gasteiger partial charge in [-0.25, -0.2) is 13.4 Å². The molecule has 2 aliphatic rings. The van der Waals surface area contributed by atoms with E-state index in [0.29, 0.717) is 46.4 Å². The largest absolute Gasteiger partial charge is 0.358 e. The monoisotopic (exact) mass is 619 g/mol. The molecule has 1 aliphatic carbocycles. The number of amides is 1. The Morgan fingerprint density at radius 3 is 2.61 bits per heavy atom. The normalized spacial score (nSPS) is 19.5. The van der Waals surface area contributed by atoms with Gasteiger partial charge in [0.25, 0.3) is 0 Å². The number of rotatable bonds is 10. The van der Waals surface area contributed by atoms with Gasteiger partial charge in [0.1, 0.15) is 24.0 Å². The number of hydrogen-bond acceptors (Lipinski definition) is 8. The molecule has 0 spiro atoms. The number of sulfone groups is 1. The summed E-state index contributed by atoms with van der Waals surface area (Å²) in [5.74, 6) is 1.75. The second-order valence-electron chi connectivity index (χ2n) is 11.0. The van der Waals surface area contributed by atoms with Gasteiger partial charge in [-0.15, -0.1) is 0 Å². The SMILES string of the molecule is Cc1cn(-c2cc(N[C@H](CC3CCCCC3)C(=O)NCc3ccc(Cl)cc3Cl)nc(NC3CCS(=O)(=O)C3)n2)cn1. The van der Waals surface area contributed by atoms with Crippen LogP contribution in [0.5, 0.6) is 0 Å². The lowest BCUT2D eigenvalue weighted by atomic mass is 9.84. The summed E-state index contributed by atoms with van der Waals surface area (Å²) in [6.45, 7) is 2.15. The highest BCUT2D eigenvalue weighted by Crippen LogP contribution is 2.29. The van der Waals surface area contributed by atoms with Gasteiger partial charge in [0, 0.05) is 34.9 Å². The lowest BCUT2D eigenvalue weighted by Crippen LogP contribution is -2.41. The van der Waals surface area contributed by atoms with Crippen molar-refractivity contribution in [2.45, 2.75) is 70.5 Å². The minimum absolute atomic E-state index is 0.0352. The molecule has 1 aromatic carbocycles. The molecule has 3 N–H and O–H groups in total. The molecule has 41 heavy (non-hydrogen) atoms. The Morgan fingerprint density at radius 1 is 1.12 bits per heavy atom. The number of anilines is 2. The lowest BCUT2D eigenvalue weighted by Gasteiger charge is -2.27. The molecule has 10 nitrogen and oxygen atoms in total. The van der Waals surface area contributed by atoms with Crippen LogP contribution in [0.15, 0.2) is 36.8 Å². The van der Waals surface area contributed by atoms with E-state index in [1.165, 1.54) is 6.42 Å². The number of nitrogens with one attached hydrogen (secondary N) is 3. The van der Waals surface area contributed by atoms with Crippen LogP contribution in [-0.4, -0.2) is 57.4 Å². The Balaban J connectivity index is 1.39. The highest BCUT2D eigenvalue weighted by Gasteiger charge is 2.29. The fourth-order valence-corrected chi connectivity index (χ4v) is 7.63. The first-order valence-electron chi connectivity index (χ1n) is 14.0. The Morgan fingerprint density at radius 2 is 1.93 bits per heavy atom. The summed E-state index contributed by atoms with van der Waals surface area (Å²) in [7, 11) is -3.08. The van der Waals surface area contributed by atoms with E-state index in [0.717, 1.165) is 36.9 Å². The molecule has 13 heteroatoms. The molecule has 1 unspecified atom stereocenters. The van der Waals surface area contributed by atoms with Crippen LogP contribution in [0.2, 0.25) is 10.0 Å². The number of hydrogen-bond donors (Lipinski definition) is 3. The van der Waals surface area contributed by atoms with E-state index in [4.69, 9.17) is 23.2 Å². The van der Waals surface area contributed by atoms with Crippen molar-refractivity contribution in [3.63, 3.8) is 0 Å². The van der Waals surface area contributed by atoms with Gasteiger partial charge in [-0.1, -0.05) is 61.4 Å². The maximum Gasteiger partial charge on any atom is 0.242 e. The molecular formula is C28H35Cl2N7O3S. The maximum atomic E-state index is 13.6. The molecule has 5 rings (SSSR count). The van der Waals surface area contributed by atoms with Crippen LogP contribution in [0, 0.1) is 12.8 Å². The van der Waals surface area contributed by atoms with Crippen molar-refractivity contribution < 1.29 is 13.2 Å². The molecule has 3 heterocycles. The zero-order chi connectivity index (χ0) is 29.0. The summed E-state index contributed by atoms with van der Waals surface area (Å²) in [6, 6.07) is 6.16. The second kappa shape index (κ2) is 13.0. The molecule has 1 saturated heterocycles. The smallest absolute Gasteiger partial charge is 0.242 e. The van der Waals surface area contributed by atoms with Crippen molar-refractivity contribution in [2.24, 2.45) is 5.92 Å². The van der Waals surface area contributed by atoms with E-state index in [2.05, 4.69) is 30.9 Å². The molecule has 2 aromatic heterocycles. The second-order valence-corrected chi connectivity index (χ2v) is 14.1. The number of nitrogens with zero attached hydrogens (tertiary/aromatic N) is 4. The standard InChI is InChI=1S/C28H35Cl2N7O3S/c1-18-15-37(17-32-18)26-13-25(35-28(36-26)33-22-9-10-41(39,40)16-22)34-24(11-19-5-3-2-4-6-19)27(38)31-14-20-7-8-21(29)12-23(20)30/h7-8,12-13,15,17,19,22,24H,2-6,9-11,14,16H2,1H3,(H,31,38)(H2,33,34,35,36)/t22?,24-/m1/s1. The van der Waals surface area contributed by atoms with Crippen molar-refractivity contribution in [1.29, 1.82) is 0 Å². The van der Waals surface area contributed by atoms with Crippen molar-refractivity contribution >= 4 is 50.7 Å². The Bertz CT molecular complexity index is 1490. The third-order valence-electron chi connectivity index (χ3n) is 7.66. The number of carbonyl (C=O) groups excluding carboxylic acids is 1. The number of imidazole rings is 1. The van der Waals surface area contributed by atoms with Gasteiger partial charge in [-0.05, 0) is 43.4 Å². The third-order valence-corrected chi connectivity index (χ3v) is 10.0. The van der Waals surface area contributed by atoms with Gasteiger partial charge < -0.3 is 16.0 Å². The fourth-order valence-electron chi connectivity index (χ4n) is 5.48. The van der Waals surface area contributed by atoms with Crippen molar-refractivity contribution in [1.82, 2.24) is 24.8 Å². The van der Waals surface area contributed by atoms with Crippen LogP contribution < -0.4 is 16.0 Å². The molecule has 3 aromatic rings. The molecule has 0 radical (unpaired) electrons. The minimum Gasteiger partial charge on any atom is -0.358 e. The van der Waals surface area contributed by atoms with E-state index in [1.807, 2.05) is 13.1 Å². The highest BCUT2D eigenvalue weighted by atomic mass is 35.5. The average molecular weight is 621 g/mol. The quantitative estimate of drug-likeness (QED) is 0.291. The zero-order valence-electron chi connectivity index (χ0n) is 22.9. The highest BCUT2D eigenvalue weighted by molar-refractivity contribution is 7.91. The molecule has 2 atom stereocenters. The Kier molecular flexibility index (Phi) is 9.35. The molecular weight excluding hydrogens is 585 g/mol. The Hall–Kier alpha value is -2.89. The summed E-state index contributed by atoms with van der Waals surface area (Å²) < 4.78 is 25.8. The number of aryl methyl sites for hydroxylation is 1. The predicted octanol–water partition coefficient (Wildman–Crippen LogP) is 4.94. The first kappa shape index (κ1) is 29.6. The topological polar surface area (TPSA) is 131 Å². The van der Waals surface area contributed by atoms with Crippen LogP contribution >= 0.6 is 23.2 Å². The summed E-state index contributed by atoms with van der Waals surface area (Å²) in [5, 5.41) is 10.6. The van der Waals surface area contributed by atoms with Gasteiger partial charge >= 0.3 is 0 Å².